The van der Waals surface area contributed by atoms with Crippen molar-refractivity contribution < 1.29 is 9.53 Å². The minimum absolute atomic E-state index is 0.0209. The number of piperidine rings is 1. The number of carbonyl (C=O) groups is 1. The number of benzene rings is 1. The fourth-order valence-electron chi connectivity index (χ4n) is 6.48. The average molecular weight is 421 g/mol. The van der Waals surface area contributed by atoms with E-state index in [1.807, 2.05) is 6.08 Å². The van der Waals surface area contributed by atoms with Crippen LogP contribution in [0.25, 0.3) is 10.9 Å². The fraction of sp³-hybridized carbons (Fsp3) is 0.593. The van der Waals surface area contributed by atoms with Crippen molar-refractivity contribution in [1.82, 2.24) is 9.88 Å². The van der Waals surface area contributed by atoms with Gasteiger partial charge in [0.2, 0.25) is 0 Å². The highest BCUT2D eigenvalue weighted by Crippen LogP contribution is 2.45. The van der Waals surface area contributed by atoms with Crippen LogP contribution in [0.4, 0.5) is 0 Å². The SMILES string of the molecule is C=CCN1CC(C(=O)OC2CCC(C(C)C)CC2)CC2c3cccc4[nH]cc(c34)C[C@H]21. The van der Waals surface area contributed by atoms with Crippen molar-refractivity contribution in [3.8, 4) is 0 Å². The van der Waals surface area contributed by atoms with Gasteiger partial charge in [0.25, 0.3) is 0 Å². The third kappa shape index (κ3) is 3.84. The number of likely N-dealkylation sites (tertiary alicyclic amines) is 1. The molecule has 4 heteroatoms. The summed E-state index contributed by atoms with van der Waals surface area (Å²) in [7, 11) is 0. The van der Waals surface area contributed by atoms with Gasteiger partial charge in [-0.05, 0) is 67.6 Å². The monoisotopic (exact) mass is 420 g/mol. The molecule has 3 atom stereocenters. The molecule has 2 aliphatic carbocycles. The Morgan fingerprint density at radius 3 is 2.84 bits per heavy atom. The van der Waals surface area contributed by atoms with E-state index in [2.05, 4.69) is 54.7 Å². The number of nitrogens with zero attached hydrogens (tertiary/aromatic N) is 1. The largest absolute Gasteiger partial charge is 0.462 e. The number of rotatable bonds is 5. The highest BCUT2D eigenvalue weighted by atomic mass is 16.5. The molecule has 1 saturated carbocycles. The number of aromatic amines is 1. The minimum atomic E-state index is -0.0558. The van der Waals surface area contributed by atoms with Crippen LogP contribution >= 0.6 is 0 Å². The maximum Gasteiger partial charge on any atom is 0.310 e. The second kappa shape index (κ2) is 8.46. The van der Waals surface area contributed by atoms with Gasteiger partial charge in [0.05, 0.1) is 5.92 Å². The molecule has 166 valence electrons. The molecule has 1 aromatic heterocycles. The summed E-state index contributed by atoms with van der Waals surface area (Å²) in [5.41, 5.74) is 4.02. The summed E-state index contributed by atoms with van der Waals surface area (Å²) in [5, 5.41) is 1.38. The van der Waals surface area contributed by atoms with Crippen LogP contribution in [0.2, 0.25) is 0 Å². The van der Waals surface area contributed by atoms with Crippen LogP contribution in [0.3, 0.4) is 0 Å². The third-order valence-corrected chi connectivity index (χ3v) is 8.22. The fourth-order valence-corrected chi connectivity index (χ4v) is 6.48. The van der Waals surface area contributed by atoms with Crippen LogP contribution in [0.5, 0.6) is 0 Å². The van der Waals surface area contributed by atoms with Crippen LogP contribution in [0.1, 0.15) is 63.0 Å². The lowest BCUT2D eigenvalue weighted by Gasteiger charge is -2.46. The molecule has 1 aromatic carbocycles. The maximum atomic E-state index is 13.3. The standard InChI is InChI=1S/C27H36N2O2/c1-4-12-29-16-20(27(30)31-21-10-8-18(9-11-21)17(2)3)13-23-22-6-5-7-24-26(22)19(15-28-24)14-25(23)29/h4-7,15,17-18,20-21,23,25,28H,1,8-14,16H2,2-3H3/t18?,20?,21?,23?,25-/m1/s1. The van der Waals surface area contributed by atoms with E-state index in [1.165, 1.54) is 34.9 Å². The molecule has 0 spiro atoms. The van der Waals surface area contributed by atoms with Gasteiger partial charge < -0.3 is 9.72 Å². The zero-order chi connectivity index (χ0) is 21.5. The van der Waals surface area contributed by atoms with Gasteiger partial charge in [0.15, 0.2) is 0 Å². The number of nitrogens with one attached hydrogen (secondary N) is 1. The van der Waals surface area contributed by atoms with Crippen molar-refractivity contribution >= 4 is 16.9 Å². The van der Waals surface area contributed by atoms with Crippen molar-refractivity contribution in [2.45, 2.75) is 70.4 Å². The average Bonchev–Trinajstić information content (AvgIpc) is 3.19. The van der Waals surface area contributed by atoms with Crippen molar-refractivity contribution in [1.29, 1.82) is 0 Å². The summed E-state index contributed by atoms with van der Waals surface area (Å²) in [6, 6.07) is 7.00. The summed E-state index contributed by atoms with van der Waals surface area (Å²) in [6.45, 7) is 10.2. The van der Waals surface area contributed by atoms with E-state index < -0.39 is 0 Å². The molecule has 5 rings (SSSR count). The van der Waals surface area contributed by atoms with E-state index in [0.717, 1.165) is 50.6 Å². The van der Waals surface area contributed by atoms with Crippen LogP contribution in [0.15, 0.2) is 37.1 Å². The lowest BCUT2D eigenvalue weighted by atomic mass is 9.72. The summed E-state index contributed by atoms with van der Waals surface area (Å²) < 4.78 is 6.10. The maximum absolute atomic E-state index is 13.3. The normalized spacial score (nSPS) is 30.9. The number of aromatic nitrogens is 1. The molecular formula is C27H36N2O2. The van der Waals surface area contributed by atoms with Gasteiger partial charge in [-0.1, -0.05) is 32.1 Å². The Balaban J connectivity index is 1.34. The van der Waals surface area contributed by atoms with Gasteiger partial charge >= 0.3 is 5.97 Å². The Bertz CT molecular complexity index is 953. The molecule has 1 N–H and O–H groups in total. The van der Waals surface area contributed by atoms with E-state index in [1.54, 1.807) is 0 Å². The number of esters is 1. The Morgan fingerprint density at radius 2 is 2.10 bits per heavy atom. The quantitative estimate of drug-likeness (QED) is 0.517. The number of ether oxygens (including phenoxy) is 1. The zero-order valence-electron chi connectivity index (χ0n) is 19.0. The van der Waals surface area contributed by atoms with Gasteiger partial charge in [-0.2, -0.15) is 0 Å². The van der Waals surface area contributed by atoms with E-state index >= 15 is 0 Å². The Morgan fingerprint density at radius 1 is 1.29 bits per heavy atom. The van der Waals surface area contributed by atoms with Gasteiger partial charge in [-0.15, -0.1) is 6.58 Å². The molecule has 0 bridgehead atoms. The number of hydrogen-bond acceptors (Lipinski definition) is 3. The van der Waals surface area contributed by atoms with Gasteiger partial charge in [0, 0.05) is 42.1 Å². The van der Waals surface area contributed by atoms with Crippen molar-refractivity contribution in [2.24, 2.45) is 17.8 Å². The van der Waals surface area contributed by atoms with Crippen LogP contribution in [-0.2, 0) is 16.0 Å². The van der Waals surface area contributed by atoms with Crippen LogP contribution < -0.4 is 0 Å². The van der Waals surface area contributed by atoms with Crippen molar-refractivity contribution in [2.75, 3.05) is 13.1 Å². The van der Waals surface area contributed by atoms with Crippen LogP contribution in [0, 0.1) is 17.8 Å². The number of carbonyl (C=O) groups excluding carboxylic acids is 1. The van der Waals surface area contributed by atoms with Gasteiger partial charge in [-0.3, -0.25) is 9.69 Å². The molecule has 0 radical (unpaired) electrons. The topological polar surface area (TPSA) is 45.3 Å². The lowest BCUT2D eigenvalue weighted by Crippen LogP contribution is -2.52. The minimum Gasteiger partial charge on any atom is -0.462 e. The molecule has 2 fully saturated rings. The van der Waals surface area contributed by atoms with Crippen molar-refractivity contribution in [3.05, 3.63) is 48.2 Å². The molecule has 31 heavy (non-hydrogen) atoms. The summed E-state index contributed by atoms with van der Waals surface area (Å²) >= 11 is 0. The summed E-state index contributed by atoms with van der Waals surface area (Å²) in [4.78, 5) is 19.2. The second-order valence-corrected chi connectivity index (χ2v) is 10.4. The van der Waals surface area contributed by atoms with Gasteiger partial charge in [0.1, 0.15) is 6.10 Å². The molecule has 2 aromatic rings. The Hall–Kier alpha value is -2.07. The van der Waals surface area contributed by atoms with E-state index in [9.17, 15) is 4.79 Å². The first-order valence-electron chi connectivity index (χ1n) is 12.2. The van der Waals surface area contributed by atoms with Crippen LogP contribution in [-0.4, -0.2) is 41.1 Å². The summed E-state index contributed by atoms with van der Waals surface area (Å²) in [6.07, 6.45) is 10.6. The second-order valence-electron chi connectivity index (χ2n) is 10.4. The third-order valence-electron chi connectivity index (χ3n) is 8.22. The molecule has 1 aliphatic heterocycles. The number of fused-ring (bicyclic) bond motifs is 2. The first kappa shape index (κ1) is 20.8. The molecule has 4 nitrogen and oxygen atoms in total. The Kier molecular flexibility index (Phi) is 5.68. The van der Waals surface area contributed by atoms with Gasteiger partial charge in [-0.25, -0.2) is 0 Å². The lowest BCUT2D eigenvalue weighted by molar-refractivity contribution is -0.159. The van der Waals surface area contributed by atoms with E-state index in [-0.39, 0.29) is 18.0 Å². The Labute approximate surface area is 186 Å². The first-order valence-corrected chi connectivity index (χ1v) is 12.2. The van der Waals surface area contributed by atoms with E-state index in [4.69, 9.17) is 4.74 Å². The molecule has 2 heterocycles. The predicted octanol–water partition coefficient (Wildman–Crippen LogP) is 5.44. The highest BCUT2D eigenvalue weighted by molar-refractivity contribution is 5.88. The molecule has 3 aliphatic rings. The van der Waals surface area contributed by atoms with Crippen molar-refractivity contribution in [3.63, 3.8) is 0 Å². The molecule has 0 amide bonds. The number of H-pyrrole nitrogens is 1. The smallest absolute Gasteiger partial charge is 0.310 e. The molecular weight excluding hydrogens is 384 g/mol. The first-order chi connectivity index (χ1) is 15.0. The molecule has 1 saturated heterocycles. The highest BCUT2D eigenvalue weighted by Gasteiger charge is 2.43. The number of hydrogen-bond donors (Lipinski definition) is 1. The molecule has 2 unspecified atom stereocenters. The summed E-state index contributed by atoms with van der Waals surface area (Å²) in [5.74, 6) is 1.85. The zero-order valence-corrected chi connectivity index (χ0v) is 19.0. The van der Waals surface area contributed by atoms with E-state index in [0.29, 0.717) is 12.0 Å². The predicted molar refractivity (Wildman–Crippen MR) is 125 cm³/mol.